The Kier molecular flexibility index (Phi) is 6.27. The topological polar surface area (TPSA) is 77.3 Å². The fourth-order valence-corrected chi connectivity index (χ4v) is 3.13. The van der Waals surface area contributed by atoms with Crippen molar-refractivity contribution >= 4 is 23.7 Å². The van der Waals surface area contributed by atoms with Crippen molar-refractivity contribution in [1.29, 1.82) is 0 Å². The molecule has 0 unspecified atom stereocenters. The van der Waals surface area contributed by atoms with Crippen LogP contribution in [0.3, 0.4) is 0 Å². The minimum atomic E-state index is -0.145. The van der Waals surface area contributed by atoms with E-state index in [9.17, 15) is 4.79 Å². The number of aromatic nitrogens is 2. The highest BCUT2D eigenvalue weighted by Crippen LogP contribution is 2.18. The molecule has 1 heterocycles. The second-order valence-electron chi connectivity index (χ2n) is 5.49. The summed E-state index contributed by atoms with van der Waals surface area (Å²) in [6.07, 6.45) is 0.868. The molecule has 0 radical (unpaired) electrons. The number of anilines is 1. The number of thioether (sulfide) groups is 1. The first-order chi connectivity index (χ1) is 12.7. The Morgan fingerprint density at radius 2 is 1.88 bits per heavy atom. The number of nitrogens with one attached hydrogen (secondary N) is 1. The van der Waals surface area contributed by atoms with Crippen LogP contribution in [0.15, 0.2) is 63.9 Å². The maximum absolute atomic E-state index is 12.0. The van der Waals surface area contributed by atoms with E-state index in [2.05, 4.69) is 15.5 Å². The van der Waals surface area contributed by atoms with E-state index in [1.54, 1.807) is 18.9 Å². The maximum Gasteiger partial charge on any atom is 0.322 e. The molecule has 0 spiro atoms. The molecule has 26 heavy (non-hydrogen) atoms. The summed E-state index contributed by atoms with van der Waals surface area (Å²) < 4.78 is 10.6. The summed E-state index contributed by atoms with van der Waals surface area (Å²) in [4.78, 5) is 13.1. The first-order valence-corrected chi connectivity index (χ1v) is 9.14. The number of benzene rings is 2. The molecule has 2 aromatic carbocycles. The smallest absolute Gasteiger partial charge is 0.322 e. The Labute approximate surface area is 156 Å². The van der Waals surface area contributed by atoms with Crippen LogP contribution in [0.5, 0.6) is 5.75 Å². The van der Waals surface area contributed by atoms with E-state index in [0.29, 0.717) is 24.5 Å². The monoisotopic (exact) mass is 369 g/mol. The third kappa shape index (κ3) is 5.35. The van der Waals surface area contributed by atoms with Crippen LogP contribution >= 0.6 is 11.8 Å². The summed E-state index contributed by atoms with van der Waals surface area (Å²) in [6, 6.07) is 17.7. The average molecular weight is 369 g/mol. The number of hydrogen-bond donors (Lipinski definition) is 1. The van der Waals surface area contributed by atoms with E-state index in [1.165, 1.54) is 0 Å². The van der Waals surface area contributed by atoms with Gasteiger partial charge in [0.1, 0.15) is 5.75 Å². The van der Waals surface area contributed by atoms with Gasteiger partial charge in [-0.2, -0.15) is 0 Å². The molecular weight excluding hydrogens is 350 g/mol. The van der Waals surface area contributed by atoms with Gasteiger partial charge < -0.3 is 9.15 Å². The molecule has 0 aliphatic rings. The van der Waals surface area contributed by atoms with Gasteiger partial charge in [0.2, 0.25) is 11.8 Å². The highest BCUT2D eigenvalue weighted by molar-refractivity contribution is 7.99. The minimum Gasteiger partial charge on any atom is -0.497 e. The summed E-state index contributed by atoms with van der Waals surface area (Å²) in [7, 11) is 1.63. The quantitative estimate of drug-likeness (QED) is 0.609. The summed E-state index contributed by atoms with van der Waals surface area (Å²) in [6.45, 7) is 0. The molecule has 1 amide bonds. The lowest BCUT2D eigenvalue weighted by Gasteiger charge is -2.02. The summed E-state index contributed by atoms with van der Waals surface area (Å²) in [5.74, 6) is 1.78. The van der Waals surface area contributed by atoms with Crippen molar-refractivity contribution in [2.75, 3.05) is 18.2 Å². The second-order valence-corrected chi connectivity index (χ2v) is 6.65. The Balaban J connectivity index is 1.45. The standard InChI is InChI=1S/C19H19N3O3S/c1-24-15-9-7-14(8-10-15)13-18-21-22-19(25-18)20-17(23)11-12-26-16-5-3-2-4-6-16/h2-10H,11-13H2,1H3,(H,20,22,23). The largest absolute Gasteiger partial charge is 0.497 e. The van der Waals surface area contributed by atoms with E-state index in [4.69, 9.17) is 9.15 Å². The molecule has 6 nitrogen and oxygen atoms in total. The van der Waals surface area contributed by atoms with Crippen LogP contribution in [-0.2, 0) is 11.2 Å². The number of amides is 1. The predicted octanol–water partition coefficient (Wildman–Crippen LogP) is 3.79. The van der Waals surface area contributed by atoms with E-state index in [-0.39, 0.29) is 11.9 Å². The molecule has 7 heteroatoms. The van der Waals surface area contributed by atoms with Gasteiger partial charge in [-0.1, -0.05) is 35.4 Å². The first-order valence-electron chi connectivity index (χ1n) is 8.16. The van der Waals surface area contributed by atoms with E-state index in [1.807, 2.05) is 54.6 Å². The third-order valence-corrected chi connectivity index (χ3v) is 4.58. The molecular formula is C19H19N3O3S. The van der Waals surface area contributed by atoms with Gasteiger partial charge in [0.25, 0.3) is 0 Å². The maximum atomic E-state index is 12.0. The zero-order valence-corrected chi connectivity index (χ0v) is 15.2. The lowest BCUT2D eigenvalue weighted by atomic mass is 10.1. The van der Waals surface area contributed by atoms with Crippen LogP contribution in [0.2, 0.25) is 0 Å². The van der Waals surface area contributed by atoms with Gasteiger partial charge in [0.05, 0.1) is 13.5 Å². The fraction of sp³-hybridized carbons (Fsp3) is 0.211. The Bertz CT molecular complexity index is 835. The summed E-state index contributed by atoms with van der Waals surface area (Å²) in [5.41, 5.74) is 1.02. The highest BCUT2D eigenvalue weighted by Gasteiger charge is 2.10. The Morgan fingerprint density at radius 1 is 1.12 bits per heavy atom. The van der Waals surface area contributed by atoms with Crippen molar-refractivity contribution in [2.45, 2.75) is 17.7 Å². The van der Waals surface area contributed by atoms with Crippen molar-refractivity contribution in [1.82, 2.24) is 10.2 Å². The lowest BCUT2D eigenvalue weighted by Crippen LogP contribution is -2.12. The van der Waals surface area contributed by atoms with Gasteiger partial charge in [0.15, 0.2) is 0 Å². The SMILES string of the molecule is COc1ccc(Cc2nnc(NC(=O)CCSc3ccccc3)o2)cc1. The van der Waals surface area contributed by atoms with Gasteiger partial charge in [-0.25, -0.2) is 0 Å². The molecule has 1 N–H and O–H groups in total. The van der Waals surface area contributed by atoms with Crippen molar-refractivity contribution < 1.29 is 13.9 Å². The van der Waals surface area contributed by atoms with Crippen molar-refractivity contribution in [3.8, 4) is 5.75 Å². The molecule has 0 bridgehead atoms. The fourth-order valence-electron chi connectivity index (χ4n) is 2.25. The van der Waals surface area contributed by atoms with Crippen LogP contribution in [0, 0.1) is 0 Å². The molecule has 1 aromatic heterocycles. The molecule has 0 fully saturated rings. The molecule has 0 aliphatic carbocycles. The van der Waals surface area contributed by atoms with Gasteiger partial charge >= 0.3 is 6.01 Å². The first kappa shape index (κ1) is 18.0. The van der Waals surface area contributed by atoms with Crippen LogP contribution in [0.4, 0.5) is 6.01 Å². The van der Waals surface area contributed by atoms with Crippen molar-refractivity contribution in [3.05, 3.63) is 66.1 Å². The van der Waals surface area contributed by atoms with Crippen LogP contribution < -0.4 is 10.1 Å². The summed E-state index contributed by atoms with van der Waals surface area (Å²) in [5, 5.41) is 10.5. The van der Waals surface area contributed by atoms with Crippen LogP contribution in [0.1, 0.15) is 17.9 Å². The number of rotatable bonds is 8. The zero-order chi connectivity index (χ0) is 18.2. The molecule has 0 atom stereocenters. The minimum absolute atomic E-state index is 0.128. The van der Waals surface area contributed by atoms with E-state index >= 15 is 0 Å². The van der Waals surface area contributed by atoms with Crippen LogP contribution in [-0.4, -0.2) is 29.0 Å². The predicted molar refractivity (Wildman–Crippen MR) is 101 cm³/mol. The molecule has 3 aromatic rings. The normalized spacial score (nSPS) is 10.5. The van der Waals surface area contributed by atoms with Crippen molar-refractivity contribution in [3.63, 3.8) is 0 Å². The third-order valence-electron chi connectivity index (χ3n) is 3.57. The number of methoxy groups -OCH3 is 1. The number of carbonyl (C=O) groups is 1. The highest BCUT2D eigenvalue weighted by atomic mass is 32.2. The van der Waals surface area contributed by atoms with Crippen molar-refractivity contribution in [2.24, 2.45) is 0 Å². The van der Waals surface area contributed by atoms with E-state index in [0.717, 1.165) is 16.2 Å². The summed E-state index contributed by atoms with van der Waals surface area (Å²) >= 11 is 1.63. The number of ether oxygens (including phenoxy) is 1. The second kappa shape index (κ2) is 9.05. The van der Waals surface area contributed by atoms with E-state index < -0.39 is 0 Å². The molecule has 0 saturated carbocycles. The number of hydrogen-bond acceptors (Lipinski definition) is 6. The molecule has 0 aliphatic heterocycles. The zero-order valence-electron chi connectivity index (χ0n) is 14.3. The molecule has 134 valence electrons. The molecule has 3 rings (SSSR count). The van der Waals surface area contributed by atoms with Gasteiger partial charge in [-0.05, 0) is 29.8 Å². The Hall–Kier alpha value is -2.80. The average Bonchev–Trinajstić information content (AvgIpc) is 3.10. The Morgan fingerprint density at radius 3 is 2.62 bits per heavy atom. The lowest BCUT2D eigenvalue weighted by molar-refractivity contribution is -0.115. The van der Waals surface area contributed by atoms with Gasteiger partial charge in [0, 0.05) is 17.1 Å². The number of carbonyl (C=O) groups excluding carboxylic acids is 1. The van der Waals surface area contributed by atoms with Gasteiger partial charge in [-0.15, -0.1) is 16.9 Å². The molecule has 0 saturated heterocycles. The number of nitrogens with zero attached hydrogens (tertiary/aromatic N) is 2. The van der Waals surface area contributed by atoms with Crippen LogP contribution in [0.25, 0.3) is 0 Å². The van der Waals surface area contributed by atoms with Gasteiger partial charge in [-0.3, -0.25) is 10.1 Å².